The van der Waals surface area contributed by atoms with E-state index in [1.54, 1.807) is 6.26 Å². The standard InChI is InChI=1S/C14H21N3O2/c18-14-8-12(9-16-5-3-15-4-6-16)10-17(14)11-13-2-1-7-19-13/h1-2,7,12,15H,3-6,8-11H2. The molecule has 2 aliphatic rings. The lowest BCUT2D eigenvalue weighted by Gasteiger charge is -2.29. The molecule has 1 N–H and O–H groups in total. The number of furan rings is 1. The molecule has 3 heterocycles. The van der Waals surface area contributed by atoms with Crippen LogP contribution in [0.4, 0.5) is 0 Å². The predicted molar refractivity (Wildman–Crippen MR) is 71.5 cm³/mol. The highest BCUT2D eigenvalue weighted by molar-refractivity contribution is 5.78. The van der Waals surface area contributed by atoms with E-state index in [4.69, 9.17) is 4.42 Å². The third kappa shape index (κ3) is 3.16. The summed E-state index contributed by atoms with van der Waals surface area (Å²) in [6.07, 6.45) is 2.35. The minimum absolute atomic E-state index is 0.261. The van der Waals surface area contributed by atoms with Crippen LogP contribution in [-0.2, 0) is 11.3 Å². The summed E-state index contributed by atoms with van der Waals surface area (Å²) < 4.78 is 5.32. The number of hydrogen-bond donors (Lipinski definition) is 1. The molecule has 1 aromatic rings. The fraction of sp³-hybridized carbons (Fsp3) is 0.643. The number of hydrogen-bond acceptors (Lipinski definition) is 4. The van der Waals surface area contributed by atoms with Crippen LogP contribution in [0.5, 0.6) is 0 Å². The van der Waals surface area contributed by atoms with Crippen molar-refractivity contribution in [3.8, 4) is 0 Å². The molecule has 5 nitrogen and oxygen atoms in total. The Labute approximate surface area is 113 Å². The van der Waals surface area contributed by atoms with Crippen LogP contribution in [0.15, 0.2) is 22.8 Å². The summed E-state index contributed by atoms with van der Waals surface area (Å²) in [5, 5.41) is 3.36. The summed E-state index contributed by atoms with van der Waals surface area (Å²) in [6, 6.07) is 3.80. The van der Waals surface area contributed by atoms with Crippen LogP contribution in [-0.4, -0.2) is 55.0 Å². The number of nitrogens with zero attached hydrogens (tertiary/aromatic N) is 2. The van der Waals surface area contributed by atoms with Crippen molar-refractivity contribution in [2.75, 3.05) is 39.3 Å². The molecule has 0 aromatic carbocycles. The van der Waals surface area contributed by atoms with Crippen LogP contribution in [0, 0.1) is 5.92 Å². The number of amides is 1. The number of nitrogens with one attached hydrogen (secondary N) is 1. The maximum Gasteiger partial charge on any atom is 0.223 e. The van der Waals surface area contributed by atoms with E-state index in [1.807, 2.05) is 17.0 Å². The summed E-state index contributed by atoms with van der Waals surface area (Å²) in [4.78, 5) is 16.4. The first-order valence-electron chi connectivity index (χ1n) is 7.04. The fourth-order valence-corrected chi connectivity index (χ4v) is 2.98. The average molecular weight is 263 g/mol. The second kappa shape index (κ2) is 5.75. The molecule has 1 aromatic heterocycles. The van der Waals surface area contributed by atoms with Gasteiger partial charge in [0.25, 0.3) is 0 Å². The van der Waals surface area contributed by atoms with Gasteiger partial charge in [-0.25, -0.2) is 0 Å². The van der Waals surface area contributed by atoms with Gasteiger partial charge < -0.3 is 19.5 Å². The van der Waals surface area contributed by atoms with E-state index < -0.39 is 0 Å². The Balaban J connectivity index is 1.51. The zero-order chi connectivity index (χ0) is 13.1. The van der Waals surface area contributed by atoms with Crippen molar-refractivity contribution >= 4 is 5.91 Å². The maximum absolute atomic E-state index is 12.0. The molecule has 5 heteroatoms. The van der Waals surface area contributed by atoms with Gasteiger partial charge in [-0.3, -0.25) is 4.79 Å². The molecule has 0 saturated carbocycles. The molecule has 0 bridgehead atoms. The normalized spacial score (nSPS) is 25.2. The fourth-order valence-electron chi connectivity index (χ4n) is 2.98. The van der Waals surface area contributed by atoms with Gasteiger partial charge in [0.2, 0.25) is 5.91 Å². The van der Waals surface area contributed by atoms with Crippen LogP contribution >= 0.6 is 0 Å². The topological polar surface area (TPSA) is 48.7 Å². The molecule has 0 spiro atoms. The summed E-state index contributed by atoms with van der Waals surface area (Å²) in [5.41, 5.74) is 0. The first kappa shape index (κ1) is 12.7. The molecule has 1 unspecified atom stereocenters. The lowest BCUT2D eigenvalue weighted by Crippen LogP contribution is -2.45. The Bertz CT molecular complexity index is 412. The van der Waals surface area contributed by atoms with Crippen molar-refractivity contribution in [1.82, 2.24) is 15.1 Å². The Hall–Kier alpha value is -1.33. The molecular formula is C14H21N3O2. The Morgan fingerprint density at radius 1 is 1.37 bits per heavy atom. The van der Waals surface area contributed by atoms with E-state index in [0.29, 0.717) is 18.9 Å². The van der Waals surface area contributed by atoms with Gasteiger partial charge in [0.05, 0.1) is 12.8 Å². The predicted octanol–water partition coefficient (Wildman–Crippen LogP) is 0.533. The average Bonchev–Trinajstić information content (AvgIpc) is 3.02. The summed E-state index contributed by atoms with van der Waals surface area (Å²) >= 11 is 0. The van der Waals surface area contributed by atoms with Gasteiger partial charge >= 0.3 is 0 Å². The Kier molecular flexibility index (Phi) is 3.84. The van der Waals surface area contributed by atoms with Crippen molar-refractivity contribution in [3.05, 3.63) is 24.2 Å². The minimum Gasteiger partial charge on any atom is -0.467 e. The van der Waals surface area contributed by atoms with E-state index in [0.717, 1.165) is 45.0 Å². The zero-order valence-corrected chi connectivity index (χ0v) is 11.2. The van der Waals surface area contributed by atoms with Gasteiger partial charge in [0.15, 0.2) is 0 Å². The first-order chi connectivity index (χ1) is 9.31. The highest BCUT2D eigenvalue weighted by Crippen LogP contribution is 2.21. The lowest BCUT2D eigenvalue weighted by molar-refractivity contribution is -0.128. The quantitative estimate of drug-likeness (QED) is 0.861. The number of rotatable bonds is 4. The number of piperazine rings is 1. The maximum atomic E-state index is 12.0. The van der Waals surface area contributed by atoms with E-state index in [9.17, 15) is 4.79 Å². The number of likely N-dealkylation sites (tertiary alicyclic amines) is 1. The SMILES string of the molecule is O=C1CC(CN2CCNCC2)CN1Cc1ccco1. The van der Waals surface area contributed by atoms with E-state index in [1.165, 1.54) is 0 Å². The summed E-state index contributed by atoms with van der Waals surface area (Å²) in [7, 11) is 0. The first-order valence-corrected chi connectivity index (χ1v) is 7.04. The van der Waals surface area contributed by atoms with Gasteiger partial charge in [-0.15, -0.1) is 0 Å². The van der Waals surface area contributed by atoms with Crippen LogP contribution in [0.3, 0.4) is 0 Å². The second-order valence-corrected chi connectivity index (χ2v) is 5.47. The molecule has 2 saturated heterocycles. The highest BCUT2D eigenvalue weighted by Gasteiger charge is 2.31. The monoisotopic (exact) mass is 263 g/mol. The Morgan fingerprint density at radius 3 is 2.95 bits per heavy atom. The Morgan fingerprint density at radius 2 is 2.21 bits per heavy atom. The van der Waals surface area contributed by atoms with Crippen molar-refractivity contribution < 1.29 is 9.21 Å². The third-order valence-corrected chi connectivity index (χ3v) is 3.95. The van der Waals surface area contributed by atoms with E-state index in [-0.39, 0.29) is 5.91 Å². The van der Waals surface area contributed by atoms with Gasteiger partial charge in [-0.1, -0.05) is 0 Å². The molecule has 1 atom stereocenters. The second-order valence-electron chi connectivity index (χ2n) is 5.47. The largest absolute Gasteiger partial charge is 0.467 e. The van der Waals surface area contributed by atoms with Crippen molar-refractivity contribution in [1.29, 1.82) is 0 Å². The molecule has 2 aliphatic heterocycles. The molecule has 19 heavy (non-hydrogen) atoms. The molecule has 0 radical (unpaired) electrons. The molecule has 104 valence electrons. The van der Waals surface area contributed by atoms with Gasteiger partial charge in [0, 0.05) is 45.7 Å². The lowest BCUT2D eigenvalue weighted by atomic mass is 10.1. The van der Waals surface area contributed by atoms with Crippen LogP contribution in [0.1, 0.15) is 12.2 Å². The van der Waals surface area contributed by atoms with E-state index >= 15 is 0 Å². The summed E-state index contributed by atoms with van der Waals surface area (Å²) in [5.74, 6) is 1.60. The zero-order valence-electron chi connectivity index (χ0n) is 11.2. The molecule has 1 amide bonds. The van der Waals surface area contributed by atoms with Gasteiger partial charge in [-0.2, -0.15) is 0 Å². The molecule has 2 fully saturated rings. The van der Waals surface area contributed by atoms with Crippen LogP contribution in [0.2, 0.25) is 0 Å². The number of carbonyl (C=O) groups excluding carboxylic acids is 1. The van der Waals surface area contributed by atoms with Gasteiger partial charge in [0.1, 0.15) is 5.76 Å². The van der Waals surface area contributed by atoms with Crippen molar-refractivity contribution in [3.63, 3.8) is 0 Å². The minimum atomic E-state index is 0.261. The summed E-state index contributed by atoms with van der Waals surface area (Å²) in [6.45, 7) is 6.86. The third-order valence-electron chi connectivity index (χ3n) is 3.95. The smallest absolute Gasteiger partial charge is 0.223 e. The van der Waals surface area contributed by atoms with Crippen LogP contribution < -0.4 is 5.32 Å². The van der Waals surface area contributed by atoms with Gasteiger partial charge in [-0.05, 0) is 18.1 Å². The highest BCUT2D eigenvalue weighted by atomic mass is 16.3. The molecule has 3 rings (SSSR count). The molecule has 0 aliphatic carbocycles. The van der Waals surface area contributed by atoms with Crippen LogP contribution in [0.25, 0.3) is 0 Å². The van der Waals surface area contributed by atoms with Crippen molar-refractivity contribution in [2.24, 2.45) is 5.92 Å². The van der Waals surface area contributed by atoms with E-state index in [2.05, 4.69) is 10.2 Å². The molecular weight excluding hydrogens is 242 g/mol. The van der Waals surface area contributed by atoms with Crippen molar-refractivity contribution in [2.45, 2.75) is 13.0 Å². The number of carbonyl (C=O) groups is 1.